The molecular weight excluding hydrogens is 250 g/mol. The smallest absolute Gasteiger partial charge is 0.301 e. The molecule has 0 aromatic carbocycles. The first kappa shape index (κ1) is 12.8. The van der Waals surface area contributed by atoms with Crippen molar-refractivity contribution in [2.45, 2.75) is 13.1 Å². The number of rotatable bonds is 5. The average Bonchev–Trinajstić information content (AvgIpc) is 2.99. The Kier molecular flexibility index (Phi) is 4.14. The van der Waals surface area contributed by atoms with Gasteiger partial charge >= 0.3 is 5.91 Å². The lowest BCUT2D eigenvalue weighted by Crippen LogP contribution is -2.31. The van der Waals surface area contributed by atoms with Gasteiger partial charge in [-0.3, -0.25) is 15.1 Å². The van der Waals surface area contributed by atoms with E-state index in [9.17, 15) is 4.79 Å². The van der Waals surface area contributed by atoms with Gasteiger partial charge in [-0.2, -0.15) is 11.3 Å². The molecule has 1 amide bonds. The average molecular weight is 265 g/mol. The molecule has 0 fully saturated rings. The molecule has 0 spiro atoms. The molecule has 5 nitrogen and oxygen atoms in total. The van der Waals surface area contributed by atoms with E-state index in [4.69, 9.17) is 10.3 Å². The van der Waals surface area contributed by atoms with Gasteiger partial charge in [0, 0.05) is 18.7 Å². The van der Waals surface area contributed by atoms with Crippen molar-refractivity contribution in [1.29, 1.82) is 0 Å². The molecule has 2 rings (SSSR count). The zero-order valence-electron chi connectivity index (χ0n) is 10.1. The summed E-state index contributed by atoms with van der Waals surface area (Å²) in [6.07, 6.45) is 1.50. The number of hydrogen-bond acceptors (Lipinski definition) is 5. The summed E-state index contributed by atoms with van der Waals surface area (Å²) in [6.45, 7) is 1.47. The molecule has 2 heterocycles. The van der Waals surface area contributed by atoms with Crippen LogP contribution in [0.5, 0.6) is 0 Å². The molecule has 0 radical (unpaired) electrons. The van der Waals surface area contributed by atoms with Crippen molar-refractivity contribution in [2.24, 2.45) is 5.84 Å². The first-order valence-electron chi connectivity index (χ1n) is 5.47. The third-order valence-corrected chi connectivity index (χ3v) is 3.29. The van der Waals surface area contributed by atoms with E-state index < -0.39 is 5.91 Å². The standard InChI is InChI=1S/C12H15N3O2S/c1-15(6-9-3-5-18-8-9)7-10-2-4-17-11(10)12(16)14-13/h2-5,8H,6-7,13H2,1H3,(H,14,16). The maximum Gasteiger partial charge on any atom is 0.301 e. The number of nitrogen functional groups attached to an aromatic ring is 1. The van der Waals surface area contributed by atoms with Gasteiger partial charge in [-0.1, -0.05) is 0 Å². The zero-order valence-corrected chi connectivity index (χ0v) is 10.9. The monoisotopic (exact) mass is 265 g/mol. The summed E-state index contributed by atoms with van der Waals surface area (Å²) in [6, 6.07) is 3.87. The Bertz CT molecular complexity index is 507. The molecule has 0 aliphatic heterocycles. The van der Waals surface area contributed by atoms with Gasteiger partial charge in [0.25, 0.3) is 0 Å². The topological polar surface area (TPSA) is 71.5 Å². The van der Waals surface area contributed by atoms with Gasteiger partial charge in [-0.15, -0.1) is 0 Å². The highest BCUT2D eigenvalue weighted by Gasteiger charge is 2.15. The quantitative estimate of drug-likeness (QED) is 0.489. The normalized spacial score (nSPS) is 10.8. The maximum atomic E-state index is 11.4. The SMILES string of the molecule is CN(Cc1ccsc1)Cc1ccoc1C(=O)NN. The molecule has 3 N–H and O–H groups in total. The Morgan fingerprint density at radius 2 is 2.33 bits per heavy atom. The van der Waals surface area contributed by atoms with Crippen LogP contribution in [0.1, 0.15) is 21.7 Å². The van der Waals surface area contributed by atoms with Crippen LogP contribution < -0.4 is 11.3 Å². The summed E-state index contributed by atoms with van der Waals surface area (Å²) in [5.74, 6) is 4.97. The Morgan fingerprint density at radius 1 is 1.50 bits per heavy atom. The molecule has 0 saturated carbocycles. The number of nitrogens with two attached hydrogens (primary N) is 1. The number of thiophene rings is 1. The van der Waals surface area contributed by atoms with Gasteiger partial charge in [-0.05, 0) is 35.5 Å². The van der Waals surface area contributed by atoms with Crippen molar-refractivity contribution >= 4 is 17.2 Å². The van der Waals surface area contributed by atoms with Gasteiger partial charge < -0.3 is 4.42 Å². The van der Waals surface area contributed by atoms with E-state index in [2.05, 4.69) is 21.8 Å². The fourth-order valence-corrected chi connectivity index (χ4v) is 2.43. The minimum absolute atomic E-state index is 0.273. The van der Waals surface area contributed by atoms with Gasteiger partial charge in [-0.25, -0.2) is 5.84 Å². The summed E-state index contributed by atoms with van der Waals surface area (Å²) >= 11 is 1.68. The third-order valence-electron chi connectivity index (χ3n) is 2.56. The lowest BCUT2D eigenvalue weighted by atomic mass is 10.2. The van der Waals surface area contributed by atoms with E-state index in [1.54, 1.807) is 17.4 Å². The number of hydrogen-bond donors (Lipinski definition) is 2. The fourth-order valence-electron chi connectivity index (χ4n) is 1.77. The Morgan fingerprint density at radius 3 is 3.00 bits per heavy atom. The van der Waals surface area contributed by atoms with Crippen LogP contribution in [0.3, 0.4) is 0 Å². The number of carbonyl (C=O) groups excluding carboxylic acids is 1. The molecule has 2 aromatic heterocycles. The summed E-state index contributed by atoms with van der Waals surface area (Å²) in [5.41, 5.74) is 4.17. The molecule has 2 aromatic rings. The minimum atomic E-state index is -0.404. The second kappa shape index (κ2) is 5.81. The molecule has 18 heavy (non-hydrogen) atoms. The van der Waals surface area contributed by atoms with Crippen molar-refractivity contribution in [2.75, 3.05) is 7.05 Å². The number of nitrogens with one attached hydrogen (secondary N) is 1. The van der Waals surface area contributed by atoms with E-state index in [1.165, 1.54) is 11.8 Å². The van der Waals surface area contributed by atoms with Crippen molar-refractivity contribution in [3.63, 3.8) is 0 Å². The summed E-state index contributed by atoms with van der Waals surface area (Å²) in [5, 5.41) is 4.16. The molecular formula is C12H15N3O2S. The van der Waals surface area contributed by atoms with E-state index in [0.29, 0.717) is 6.54 Å². The van der Waals surface area contributed by atoms with Gasteiger partial charge in [0.1, 0.15) is 0 Å². The second-order valence-electron chi connectivity index (χ2n) is 4.05. The molecule has 6 heteroatoms. The Balaban J connectivity index is 2.01. The van der Waals surface area contributed by atoms with E-state index in [0.717, 1.165) is 12.1 Å². The highest BCUT2D eigenvalue weighted by atomic mass is 32.1. The maximum absolute atomic E-state index is 11.4. The summed E-state index contributed by atoms with van der Waals surface area (Å²) in [7, 11) is 1.99. The lowest BCUT2D eigenvalue weighted by Gasteiger charge is -2.15. The van der Waals surface area contributed by atoms with Crippen LogP contribution in [0, 0.1) is 0 Å². The molecule has 0 saturated heterocycles. The molecule has 0 atom stereocenters. The van der Waals surface area contributed by atoms with Crippen LogP contribution in [-0.4, -0.2) is 17.9 Å². The van der Waals surface area contributed by atoms with Crippen molar-refractivity contribution in [3.8, 4) is 0 Å². The van der Waals surface area contributed by atoms with Gasteiger partial charge in [0.2, 0.25) is 0 Å². The second-order valence-corrected chi connectivity index (χ2v) is 4.83. The number of carbonyl (C=O) groups is 1. The third kappa shape index (κ3) is 2.98. The zero-order chi connectivity index (χ0) is 13.0. The van der Waals surface area contributed by atoms with Gasteiger partial charge in [0.15, 0.2) is 5.76 Å². The largest absolute Gasteiger partial charge is 0.459 e. The number of nitrogens with zero attached hydrogens (tertiary/aromatic N) is 1. The van der Waals surface area contributed by atoms with Crippen LogP contribution in [0.15, 0.2) is 33.6 Å². The predicted molar refractivity (Wildman–Crippen MR) is 69.9 cm³/mol. The molecule has 0 aliphatic rings. The van der Waals surface area contributed by atoms with E-state index in [-0.39, 0.29) is 5.76 Å². The minimum Gasteiger partial charge on any atom is -0.459 e. The van der Waals surface area contributed by atoms with Crippen LogP contribution in [-0.2, 0) is 13.1 Å². The number of hydrazine groups is 1. The molecule has 0 bridgehead atoms. The van der Waals surface area contributed by atoms with Crippen molar-refractivity contribution < 1.29 is 9.21 Å². The van der Waals surface area contributed by atoms with E-state index in [1.807, 2.05) is 12.4 Å². The summed E-state index contributed by atoms with van der Waals surface area (Å²) < 4.78 is 5.14. The number of furan rings is 1. The number of amides is 1. The Hall–Kier alpha value is -1.63. The van der Waals surface area contributed by atoms with Crippen LogP contribution in [0.4, 0.5) is 0 Å². The highest BCUT2D eigenvalue weighted by Crippen LogP contribution is 2.15. The van der Waals surface area contributed by atoms with Gasteiger partial charge in [0.05, 0.1) is 6.26 Å². The molecule has 0 aliphatic carbocycles. The highest BCUT2D eigenvalue weighted by molar-refractivity contribution is 7.07. The molecule has 96 valence electrons. The van der Waals surface area contributed by atoms with Crippen molar-refractivity contribution in [1.82, 2.24) is 10.3 Å². The lowest BCUT2D eigenvalue weighted by molar-refractivity contribution is 0.0923. The van der Waals surface area contributed by atoms with Crippen LogP contribution >= 0.6 is 11.3 Å². The Labute approximate surface area is 109 Å². The first-order chi connectivity index (χ1) is 8.70. The van der Waals surface area contributed by atoms with Crippen LogP contribution in [0.25, 0.3) is 0 Å². The predicted octanol–water partition coefficient (Wildman–Crippen LogP) is 1.58. The van der Waals surface area contributed by atoms with Crippen molar-refractivity contribution in [3.05, 3.63) is 46.0 Å². The van der Waals surface area contributed by atoms with Crippen LogP contribution in [0.2, 0.25) is 0 Å². The molecule has 0 unspecified atom stereocenters. The fraction of sp³-hybridized carbons (Fsp3) is 0.250. The van der Waals surface area contributed by atoms with E-state index >= 15 is 0 Å². The first-order valence-corrected chi connectivity index (χ1v) is 6.42. The summed E-state index contributed by atoms with van der Waals surface area (Å²) in [4.78, 5) is 13.6.